The number of aromatic nitrogens is 4. The quantitative estimate of drug-likeness (QED) is 0.791. The van der Waals surface area contributed by atoms with Crippen LogP contribution in [0.25, 0.3) is 5.78 Å². The van der Waals surface area contributed by atoms with Crippen LogP contribution >= 0.6 is 11.6 Å². The van der Waals surface area contributed by atoms with Crippen molar-refractivity contribution < 1.29 is 0 Å². The second kappa shape index (κ2) is 4.78. The van der Waals surface area contributed by atoms with E-state index < -0.39 is 0 Å². The van der Waals surface area contributed by atoms with Crippen LogP contribution in [-0.2, 0) is 0 Å². The number of rotatable bonds is 3. The maximum absolute atomic E-state index is 8.78. The van der Waals surface area contributed by atoms with Gasteiger partial charge in [-0.2, -0.15) is 24.8 Å². The van der Waals surface area contributed by atoms with Crippen LogP contribution in [0.5, 0.6) is 0 Å². The summed E-state index contributed by atoms with van der Waals surface area (Å²) in [6.45, 7) is 3.85. The molecular formula is C11H13ClN6. The lowest BCUT2D eigenvalue weighted by molar-refractivity contribution is 0.677. The summed E-state index contributed by atoms with van der Waals surface area (Å²) >= 11 is 6.09. The van der Waals surface area contributed by atoms with Gasteiger partial charge in [-0.1, -0.05) is 11.6 Å². The van der Waals surface area contributed by atoms with E-state index in [4.69, 9.17) is 16.9 Å². The number of fused-ring (bicyclic) bond motifs is 1. The average Bonchev–Trinajstić information content (AvgIpc) is 2.77. The van der Waals surface area contributed by atoms with Crippen molar-refractivity contribution in [2.75, 3.05) is 11.9 Å². The van der Waals surface area contributed by atoms with E-state index in [0.717, 1.165) is 11.4 Å². The van der Waals surface area contributed by atoms with E-state index in [9.17, 15) is 0 Å². The Bertz CT molecular complexity index is 614. The molecule has 0 aliphatic carbocycles. The van der Waals surface area contributed by atoms with Gasteiger partial charge >= 0.3 is 0 Å². The van der Waals surface area contributed by atoms with Gasteiger partial charge < -0.3 is 4.90 Å². The fraction of sp³-hybridized carbons (Fsp3) is 0.455. The minimum atomic E-state index is 0.0552. The second-order valence-corrected chi connectivity index (χ2v) is 4.50. The Hall–Kier alpha value is -1.87. The molecular weight excluding hydrogens is 252 g/mol. The number of nitriles is 1. The Morgan fingerprint density at radius 1 is 1.61 bits per heavy atom. The van der Waals surface area contributed by atoms with Gasteiger partial charge in [0.25, 0.3) is 5.78 Å². The molecule has 1 unspecified atom stereocenters. The lowest BCUT2D eigenvalue weighted by Gasteiger charge is -2.26. The van der Waals surface area contributed by atoms with E-state index in [2.05, 4.69) is 21.1 Å². The SMILES string of the molecule is Cc1c(Cl)nc2ncnn2c1N(C)C(C)CC#N. The van der Waals surface area contributed by atoms with E-state index in [0.29, 0.717) is 17.4 Å². The molecule has 0 N–H and O–H groups in total. The van der Waals surface area contributed by atoms with Gasteiger partial charge in [0, 0.05) is 18.7 Å². The highest BCUT2D eigenvalue weighted by Crippen LogP contribution is 2.26. The second-order valence-electron chi connectivity index (χ2n) is 4.15. The summed E-state index contributed by atoms with van der Waals surface area (Å²) in [5.41, 5.74) is 0.821. The largest absolute Gasteiger partial charge is 0.355 e. The zero-order valence-electron chi connectivity index (χ0n) is 10.4. The average molecular weight is 265 g/mol. The van der Waals surface area contributed by atoms with Crippen molar-refractivity contribution in [3.05, 3.63) is 17.0 Å². The molecule has 94 valence electrons. The van der Waals surface area contributed by atoms with Crippen LogP contribution in [0.1, 0.15) is 18.9 Å². The molecule has 0 saturated heterocycles. The normalized spacial score (nSPS) is 12.4. The highest BCUT2D eigenvalue weighted by atomic mass is 35.5. The molecule has 2 rings (SSSR count). The fourth-order valence-corrected chi connectivity index (χ4v) is 1.94. The standard InChI is InChI=1S/C11H13ClN6/c1-7(4-5-13)17(3)10-8(2)9(12)16-11-14-6-15-18(10)11/h6-7H,4H2,1-3H3. The lowest BCUT2D eigenvalue weighted by atomic mass is 10.2. The molecule has 0 aliphatic heterocycles. The maximum Gasteiger partial charge on any atom is 0.255 e. The molecule has 7 heteroatoms. The minimum absolute atomic E-state index is 0.0552. The first-order chi connectivity index (χ1) is 8.56. The van der Waals surface area contributed by atoms with E-state index >= 15 is 0 Å². The summed E-state index contributed by atoms with van der Waals surface area (Å²) < 4.78 is 1.63. The molecule has 0 aromatic carbocycles. The minimum Gasteiger partial charge on any atom is -0.355 e. The molecule has 0 fully saturated rings. The third kappa shape index (κ3) is 1.97. The van der Waals surface area contributed by atoms with Crippen LogP contribution in [-0.4, -0.2) is 32.7 Å². The van der Waals surface area contributed by atoms with Gasteiger partial charge in [-0.15, -0.1) is 0 Å². The van der Waals surface area contributed by atoms with Crippen LogP contribution < -0.4 is 4.90 Å². The fourth-order valence-electron chi connectivity index (χ4n) is 1.78. The summed E-state index contributed by atoms with van der Waals surface area (Å²) in [6.07, 6.45) is 1.86. The topological polar surface area (TPSA) is 70.1 Å². The van der Waals surface area contributed by atoms with Crippen molar-refractivity contribution in [2.24, 2.45) is 0 Å². The van der Waals surface area contributed by atoms with E-state index in [1.54, 1.807) is 4.52 Å². The van der Waals surface area contributed by atoms with Crippen molar-refractivity contribution in [3.63, 3.8) is 0 Å². The number of hydrogen-bond donors (Lipinski definition) is 0. The van der Waals surface area contributed by atoms with E-state index in [-0.39, 0.29) is 6.04 Å². The summed E-state index contributed by atoms with van der Waals surface area (Å²) in [4.78, 5) is 10.1. The van der Waals surface area contributed by atoms with Crippen molar-refractivity contribution >= 4 is 23.2 Å². The van der Waals surface area contributed by atoms with Crippen LogP contribution in [0, 0.1) is 18.3 Å². The van der Waals surface area contributed by atoms with Gasteiger partial charge in [0.15, 0.2) is 0 Å². The highest BCUT2D eigenvalue weighted by Gasteiger charge is 2.19. The molecule has 2 aromatic rings. The molecule has 0 radical (unpaired) electrons. The number of nitrogens with zero attached hydrogens (tertiary/aromatic N) is 6. The van der Waals surface area contributed by atoms with Crippen LogP contribution in [0.3, 0.4) is 0 Å². The monoisotopic (exact) mass is 264 g/mol. The lowest BCUT2D eigenvalue weighted by Crippen LogP contribution is -2.31. The molecule has 1 atom stereocenters. The maximum atomic E-state index is 8.78. The highest BCUT2D eigenvalue weighted by molar-refractivity contribution is 6.30. The van der Waals surface area contributed by atoms with E-state index in [1.165, 1.54) is 6.33 Å². The zero-order chi connectivity index (χ0) is 13.3. The van der Waals surface area contributed by atoms with Gasteiger partial charge in [0.2, 0.25) is 0 Å². The Morgan fingerprint density at radius 2 is 2.33 bits per heavy atom. The Kier molecular flexibility index (Phi) is 3.34. The van der Waals surface area contributed by atoms with Crippen LogP contribution in [0.2, 0.25) is 5.15 Å². The van der Waals surface area contributed by atoms with Crippen molar-refractivity contribution in [3.8, 4) is 6.07 Å². The summed E-state index contributed by atoms with van der Waals surface area (Å²) in [7, 11) is 1.90. The molecule has 2 aromatic heterocycles. The van der Waals surface area contributed by atoms with Crippen LogP contribution in [0.15, 0.2) is 6.33 Å². The Balaban J connectivity index is 2.58. The van der Waals surface area contributed by atoms with Gasteiger partial charge in [0.1, 0.15) is 17.3 Å². The van der Waals surface area contributed by atoms with Crippen molar-refractivity contribution in [1.82, 2.24) is 19.6 Å². The first kappa shape index (κ1) is 12.6. The molecule has 0 amide bonds. The third-order valence-electron chi connectivity index (χ3n) is 2.96. The van der Waals surface area contributed by atoms with E-state index in [1.807, 2.05) is 25.8 Å². The van der Waals surface area contributed by atoms with Gasteiger partial charge in [-0.25, -0.2) is 0 Å². The third-order valence-corrected chi connectivity index (χ3v) is 3.32. The van der Waals surface area contributed by atoms with Gasteiger partial charge in [-0.05, 0) is 13.8 Å². The summed E-state index contributed by atoms with van der Waals surface area (Å²) in [6, 6.07) is 2.21. The molecule has 0 saturated carbocycles. The van der Waals surface area contributed by atoms with Crippen LogP contribution in [0.4, 0.5) is 5.82 Å². The van der Waals surface area contributed by atoms with Crippen molar-refractivity contribution in [1.29, 1.82) is 5.26 Å². The number of hydrogen-bond acceptors (Lipinski definition) is 5. The molecule has 18 heavy (non-hydrogen) atoms. The Labute approximate surface area is 110 Å². The summed E-state index contributed by atoms with van der Waals surface area (Å²) in [5, 5.41) is 13.3. The van der Waals surface area contributed by atoms with Gasteiger partial charge in [0.05, 0.1) is 12.5 Å². The molecule has 0 aliphatic rings. The Morgan fingerprint density at radius 3 is 3.00 bits per heavy atom. The molecule has 0 bridgehead atoms. The smallest absolute Gasteiger partial charge is 0.255 e. The zero-order valence-corrected chi connectivity index (χ0v) is 11.2. The number of halogens is 1. The van der Waals surface area contributed by atoms with Gasteiger partial charge in [-0.3, -0.25) is 0 Å². The number of anilines is 1. The molecule has 2 heterocycles. The first-order valence-electron chi connectivity index (χ1n) is 5.52. The predicted octanol–water partition coefficient (Wildman–Crippen LogP) is 1.82. The first-order valence-corrected chi connectivity index (χ1v) is 5.89. The predicted molar refractivity (Wildman–Crippen MR) is 68.6 cm³/mol. The van der Waals surface area contributed by atoms with Crippen molar-refractivity contribution in [2.45, 2.75) is 26.3 Å². The molecule has 0 spiro atoms. The summed E-state index contributed by atoms with van der Waals surface area (Å²) in [5.74, 6) is 1.27. The molecule has 6 nitrogen and oxygen atoms in total.